The van der Waals surface area contributed by atoms with Crippen LogP contribution in [0.25, 0.3) is 0 Å². The number of hydrogen-bond donors (Lipinski definition) is 0. The number of nitrogens with zero attached hydrogens (tertiary/aromatic N) is 1. The Bertz CT molecular complexity index is 174. The number of rotatable bonds is 2. The predicted molar refractivity (Wildman–Crippen MR) is 43.1 cm³/mol. The van der Waals surface area contributed by atoms with Crippen molar-refractivity contribution in [3.8, 4) is 0 Å². The first-order chi connectivity index (χ1) is 5.27. The van der Waals surface area contributed by atoms with Gasteiger partial charge < -0.3 is 4.90 Å². The standard InChI is InChI=1S/C9H15NO/c1-7-2-5-9(11)10(7)6-8-3-4-8/h7-8H,2-6H2,1H3. The number of carbonyl (C=O) groups is 1. The molecule has 2 heteroatoms. The molecule has 2 nitrogen and oxygen atoms in total. The van der Waals surface area contributed by atoms with Crippen molar-refractivity contribution in [3.63, 3.8) is 0 Å². The Morgan fingerprint density at radius 2 is 2.18 bits per heavy atom. The van der Waals surface area contributed by atoms with E-state index in [1.807, 2.05) is 0 Å². The molecule has 2 rings (SSSR count). The molecule has 1 aliphatic carbocycles. The van der Waals surface area contributed by atoms with Crippen LogP contribution in [-0.4, -0.2) is 23.4 Å². The molecule has 2 fully saturated rings. The third-order valence-electron chi connectivity index (χ3n) is 2.78. The van der Waals surface area contributed by atoms with Gasteiger partial charge in [-0.1, -0.05) is 0 Å². The maximum Gasteiger partial charge on any atom is 0.222 e. The fraction of sp³-hybridized carbons (Fsp3) is 0.889. The van der Waals surface area contributed by atoms with Gasteiger partial charge in [-0.2, -0.15) is 0 Å². The predicted octanol–water partition coefficient (Wildman–Crippen LogP) is 1.41. The zero-order valence-corrected chi connectivity index (χ0v) is 7.05. The van der Waals surface area contributed by atoms with Gasteiger partial charge in [0.05, 0.1) is 0 Å². The second kappa shape index (κ2) is 2.50. The summed E-state index contributed by atoms with van der Waals surface area (Å²) in [5.41, 5.74) is 0. The van der Waals surface area contributed by atoms with Crippen molar-refractivity contribution in [2.75, 3.05) is 6.54 Å². The van der Waals surface area contributed by atoms with Crippen molar-refractivity contribution in [1.29, 1.82) is 0 Å². The number of carbonyl (C=O) groups excluding carboxylic acids is 1. The maximum atomic E-state index is 11.3. The van der Waals surface area contributed by atoms with E-state index in [9.17, 15) is 4.79 Å². The van der Waals surface area contributed by atoms with Gasteiger partial charge in [0.25, 0.3) is 0 Å². The van der Waals surface area contributed by atoms with E-state index >= 15 is 0 Å². The van der Waals surface area contributed by atoms with Gasteiger partial charge in [0, 0.05) is 19.0 Å². The van der Waals surface area contributed by atoms with E-state index in [-0.39, 0.29) is 0 Å². The molecule has 0 aromatic rings. The van der Waals surface area contributed by atoms with Crippen LogP contribution in [0.3, 0.4) is 0 Å². The summed E-state index contributed by atoms with van der Waals surface area (Å²) < 4.78 is 0. The average molecular weight is 153 g/mol. The van der Waals surface area contributed by atoms with Crippen LogP contribution in [0.1, 0.15) is 32.6 Å². The molecule has 0 aromatic heterocycles. The van der Waals surface area contributed by atoms with Crippen LogP contribution in [0, 0.1) is 5.92 Å². The zero-order chi connectivity index (χ0) is 7.84. The van der Waals surface area contributed by atoms with Gasteiger partial charge >= 0.3 is 0 Å². The number of amides is 1. The number of likely N-dealkylation sites (tertiary alicyclic amines) is 1. The van der Waals surface area contributed by atoms with Crippen molar-refractivity contribution in [2.45, 2.75) is 38.6 Å². The highest BCUT2D eigenvalue weighted by molar-refractivity contribution is 5.78. The molecule has 1 saturated carbocycles. The molecule has 11 heavy (non-hydrogen) atoms. The summed E-state index contributed by atoms with van der Waals surface area (Å²) in [5.74, 6) is 1.23. The third kappa shape index (κ3) is 1.39. The van der Waals surface area contributed by atoms with Crippen molar-refractivity contribution in [1.82, 2.24) is 4.90 Å². The lowest BCUT2D eigenvalue weighted by molar-refractivity contribution is -0.128. The van der Waals surface area contributed by atoms with Crippen LogP contribution < -0.4 is 0 Å². The normalized spacial score (nSPS) is 31.5. The fourth-order valence-electron chi connectivity index (χ4n) is 1.74. The minimum Gasteiger partial charge on any atom is -0.340 e. The minimum atomic E-state index is 0.379. The number of hydrogen-bond acceptors (Lipinski definition) is 1. The minimum absolute atomic E-state index is 0.379. The molecule has 1 atom stereocenters. The van der Waals surface area contributed by atoms with E-state index in [1.54, 1.807) is 0 Å². The van der Waals surface area contributed by atoms with Gasteiger partial charge in [-0.05, 0) is 32.1 Å². The highest BCUT2D eigenvalue weighted by Crippen LogP contribution is 2.32. The molecule has 0 bridgehead atoms. The molecular weight excluding hydrogens is 138 g/mol. The van der Waals surface area contributed by atoms with Crippen molar-refractivity contribution >= 4 is 5.91 Å². The monoisotopic (exact) mass is 153 g/mol. The van der Waals surface area contributed by atoms with E-state index in [0.29, 0.717) is 11.9 Å². The van der Waals surface area contributed by atoms with Gasteiger partial charge in [-0.3, -0.25) is 4.79 Å². The first-order valence-corrected chi connectivity index (χ1v) is 4.57. The van der Waals surface area contributed by atoms with Crippen molar-refractivity contribution in [3.05, 3.63) is 0 Å². The second-order valence-electron chi connectivity index (χ2n) is 3.88. The summed E-state index contributed by atoms with van der Waals surface area (Å²) in [6.07, 6.45) is 4.55. The Kier molecular flexibility index (Phi) is 1.63. The maximum absolute atomic E-state index is 11.3. The Morgan fingerprint density at radius 1 is 1.45 bits per heavy atom. The van der Waals surface area contributed by atoms with E-state index in [4.69, 9.17) is 0 Å². The summed E-state index contributed by atoms with van der Waals surface area (Å²) in [4.78, 5) is 13.3. The van der Waals surface area contributed by atoms with Crippen LogP contribution in [0.15, 0.2) is 0 Å². The Balaban J connectivity index is 1.92. The molecule has 0 N–H and O–H groups in total. The fourth-order valence-corrected chi connectivity index (χ4v) is 1.74. The van der Waals surface area contributed by atoms with Crippen LogP contribution in [0.5, 0.6) is 0 Å². The van der Waals surface area contributed by atoms with Crippen LogP contribution in [0.4, 0.5) is 0 Å². The molecule has 62 valence electrons. The molecule has 1 unspecified atom stereocenters. The summed E-state index contributed by atoms with van der Waals surface area (Å²) in [5, 5.41) is 0. The van der Waals surface area contributed by atoms with Gasteiger partial charge in [0.1, 0.15) is 0 Å². The quantitative estimate of drug-likeness (QED) is 0.587. The first kappa shape index (κ1) is 7.14. The van der Waals surface area contributed by atoms with Crippen LogP contribution in [-0.2, 0) is 4.79 Å². The molecule has 0 radical (unpaired) electrons. The van der Waals surface area contributed by atoms with Gasteiger partial charge in [-0.25, -0.2) is 0 Å². The molecule has 1 heterocycles. The van der Waals surface area contributed by atoms with Crippen molar-refractivity contribution in [2.24, 2.45) is 5.92 Å². The van der Waals surface area contributed by atoms with E-state index in [0.717, 1.165) is 25.3 Å². The largest absolute Gasteiger partial charge is 0.340 e. The molecule has 2 aliphatic rings. The molecule has 1 saturated heterocycles. The third-order valence-corrected chi connectivity index (χ3v) is 2.78. The highest BCUT2D eigenvalue weighted by Gasteiger charge is 2.32. The highest BCUT2D eigenvalue weighted by atomic mass is 16.2. The Morgan fingerprint density at radius 3 is 2.64 bits per heavy atom. The van der Waals surface area contributed by atoms with Crippen LogP contribution >= 0.6 is 0 Å². The van der Waals surface area contributed by atoms with Gasteiger partial charge in [-0.15, -0.1) is 0 Å². The Hall–Kier alpha value is -0.530. The summed E-state index contributed by atoms with van der Waals surface area (Å²) in [6, 6.07) is 0.517. The van der Waals surface area contributed by atoms with Gasteiger partial charge in [0.2, 0.25) is 5.91 Å². The second-order valence-corrected chi connectivity index (χ2v) is 3.88. The molecular formula is C9H15NO. The molecule has 1 aliphatic heterocycles. The summed E-state index contributed by atoms with van der Waals surface area (Å²) >= 11 is 0. The molecule has 0 spiro atoms. The summed E-state index contributed by atoms with van der Waals surface area (Å²) in [6.45, 7) is 3.20. The molecule has 0 aromatic carbocycles. The van der Waals surface area contributed by atoms with E-state index < -0.39 is 0 Å². The van der Waals surface area contributed by atoms with Crippen LogP contribution in [0.2, 0.25) is 0 Å². The first-order valence-electron chi connectivity index (χ1n) is 4.57. The zero-order valence-electron chi connectivity index (χ0n) is 7.05. The topological polar surface area (TPSA) is 20.3 Å². The summed E-state index contributed by atoms with van der Waals surface area (Å²) in [7, 11) is 0. The van der Waals surface area contributed by atoms with Crippen molar-refractivity contribution < 1.29 is 4.79 Å². The lowest BCUT2D eigenvalue weighted by atomic mass is 10.2. The Labute approximate surface area is 67.6 Å². The molecule has 1 amide bonds. The smallest absolute Gasteiger partial charge is 0.222 e. The SMILES string of the molecule is CC1CCC(=O)N1CC1CC1. The average Bonchev–Trinajstić information content (AvgIpc) is 2.73. The lowest BCUT2D eigenvalue weighted by Crippen LogP contribution is -2.32. The lowest BCUT2D eigenvalue weighted by Gasteiger charge is -2.20. The van der Waals surface area contributed by atoms with E-state index in [1.165, 1.54) is 12.8 Å². The van der Waals surface area contributed by atoms with E-state index in [2.05, 4.69) is 11.8 Å². The van der Waals surface area contributed by atoms with Gasteiger partial charge in [0.15, 0.2) is 0 Å².